The smallest absolute Gasteiger partial charge is 0.316 e. The van der Waals surface area contributed by atoms with E-state index in [1.54, 1.807) is 20.8 Å². The van der Waals surface area contributed by atoms with Crippen molar-refractivity contribution in [3.63, 3.8) is 0 Å². The summed E-state index contributed by atoms with van der Waals surface area (Å²) in [5.74, 6) is -1.72. The molecule has 0 aliphatic heterocycles. The summed E-state index contributed by atoms with van der Waals surface area (Å²) in [6.45, 7) is 6.22. The summed E-state index contributed by atoms with van der Waals surface area (Å²) < 4.78 is 10.3. The van der Waals surface area contributed by atoms with Gasteiger partial charge in [-0.3, -0.25) is 9.59 Å². The van der Waals surface area contributed by atoms with Crippen molar-refractivity contribution >= 4 is 11.9 Å². The molecule has 1 aliphatic carbocycles. The molecule has 132 valence electrons. The van der Waals surface area contributed by atoms with Gasteiger partial charge in [-0.05, 0) is 30.4 Å². The second-order valence-electron chi connectivity index (χ2n) is 7.23. The minimum Gasteiger partial charge on any atom is -0.423 e. The summed E-state index contributed by atoms with van der Waals surface area (Å²) in [4.78, 5) is 23.3. The van der Waals surface area contributed by atoms with Crippen LogP contribution in [0.2, 0.25) is 0 Å². The predicted octanol–water partition coefficient (Wildman–Crippen LogP) is 4.37. The van der Waals surface area contributed by atoms with Crippen molar-refractivity contribution in [1.82, 2.24) is 0 Å². The Bertz CT molecular complexity index is 568. The largest absolute Gasteiger partial charge is 0.423 e. The van der Waals surface area contributed by atoms with E-state index in [0.717, 1.165) is 17.9 Å². The fraction of sp³-hybridized carbons (Fsp3) is 0.600. The number of rotatable bonds is 6. The first-order chi connectivity index (χ1) is 11.3. The van der Waals surface area contributed by atoms with Crippen LogP contribution < -0.4 is 0 Å². The number of carbonyl (C=O) groups is 2. The molecule has 4 nitrogen and oxygen atoms in total. The summed E-state index contributed by atoms with van der Waals surface area (Å²) >= 11 is 0. The number of carbonyl (C=O) groups excluding carboxylic acids is 2. The molecule has 2 rings (SSSR count). The second kappa shape index (κ2) is 7.82. The highest BCUT2D eigenvalue weighted by molar-refractivity contribution is 5.78. The number of benzene rings is 1. The van der Waals surface area contributed by atoms with Gasteiger partial charge in [0.15, 0.2) is 0 Å². The van der Waals surface area contributed by atoms with Crippen molar-refractivity contribution in [3.8, 4) is 0 Å². The second-order valence-corrected chi connectivity index (χ2v) is 7.23. The van der Waals surface area contributed by atoms with Gasteiger partial charge in [0.05, 0.1) is 5.92 Å². The zero-order valence-electron chi connectivity index (χ0n) is 15.1. The predicted molar refractivity (Wildman–Crippen MR) is 92.5 cm³/mol. The maximum atomic E-state index is 12.3. The van der Waals surface area contributed by atoms with E-state index in [1.165, 1.54) is 38.2 Å². The van der Waals surface area contributed by atoms with E-state index in [-0.39, 0.29) is 0 Å². The van der Waals surface area contributed by atoms with Crippen LogP contribution in [0.3, 0.4) is 0 Å². The van der Waals surface area contributed by atoms with Crippen molar-refractivity contribution in [2.45, 2.75) is 71.5 Å². The molecule has 0 spiro atoms. The quantitative estimate of drug-likeness (QED) is 0.573. The van der Waals surface area contributed by atoms with Gasteiger partial charge in [0, 0.05) is 20.8 Å². The van der Waals surface area contributed by atoms with Crippen LogP contribution in [0.4, 0.5) is 0 Å². The molecule has 0 bridgehead atoms. The fourth-order valence-electron chi connectivity index (χ4n) is 3.32. The van der Waals surface area contributed by atoms with Gasteiger partial charge in [0.2, 0.25) is 0 Å². The van der Waals surface area contributed by atoms with Gasteiger partial charge in [-0.25, -0.2) is 0 Å². The first kappa shape index (κ1) is 18.5. The van der Waals surface area contributed by atoms with E-state index >= 15 is 0 Å². The first-order valence-electron chi connectivity index (χ1n) is 8.78. The van der Waals surface area contributed by atoms with E-state index in [2.05, 4.69) is 12.1 Å². The Morgan fingerprint density at radius 1 is 1.12 bits per heavy atom. The van der Waals surface area contributed by atoms with Crippen molar-refractivity contribution < 1.29 is 19.1 Å². The third-order valence-corrected chi connectivity index (χ3v) is 4.57. The SMILES string of the molecule is CC(=O)OC(C)(C)OC(=O)[C@@H](C)c1ccc(CC2CCCC2)cc1. The number of hydrogen-bond acceptors (Lipinski definition) is 4. The number of hydrogen-bond donors (Lipinski definition) is 0. The van der Waals surface area contributed by atoms with Crippen LogP contribution in [0.15, 0.2) is 24.3 Å². The average molecular weight is 332 g/mol. The molecule has 0 heterocycles. The highest BCUT2D eigenvalue weighted by Gasteiger charge is 2.29. The third kappa shape index (κ3) is 5.36. The van der Waals surface area contributed by atoms with Crippen LogP contribution >= 0.6 is 0 Å². The van der Waals surface area contributed by atoms with Crippen LogP contribution in [0, 0.1) is 5.92 Å². The Balaban J connectivity index is 1.94. The van der Waals surface area contributed by atoms with Gasteiger partial charge >= 0.3 is 11.9 Å². The molecule has 0 radical (unpaired) electrons. The topological polar surface area (TPSA) is 52.6 Å². The molecule has 0 N–H and O–H groups in total. The summed E-state index contributed by atoms with van der Waals surface area (Å²) in [6.07, 6.45) is 6.48. The highest BCUT2D eigenvalue weighted by Crippen LogP contribution is 2.29. The molecule has 1 fully saturated rings. The van der Waals surface area contributed by atoms with Crippen LogP contribution in [0.25, 0.3) is 0 Å². The van der Waals surface area contributed by atoms with Gasteiger partial charge in [-0.2, -0.15) is 0 Å². The highest BCUT2D eigenvalue weighted by atomic mass is 16.7. The van der Waals surface area contributed by atoms with E-state index in [9.17, 15) is 9.59 Å². The van der Waals surface area contributed by atoms with Crippen molar-refractivity contribution in [2.75, 3.05) is 0 Å². The van der Waals surface area contributed by atoms with Gasteiger partial charge in [0.1, 0.15) is 0 Å². The summed E-state index contributed by atoms with van der Waals surface area (Å²) in [5, 5.41) is 0. The normalized spacial score (nSPS) is 16.7. The number of esters is 2. The van der Waals surface area contributed by atoms with E-state index < -0.39 is 23.6 Å². The molecule has 0 amide bonds. The Hall–Kier alpha value is -1.84. The number of ether oxygens (including phenoxy) is 2. The van der Waals surface area contributed by atoms with Gasteiger partial charge < -0.3 is 9.47 Å². The van der Waals surface area contributed by atoms with Crippen LogP contribution in [0.1, 0.15) is 70.4 Å². The van der Waals surface area contributed by atoms with Crippen LogP contribution in [-0.2, 0) is 25.5 Å². The molecule has 1 aromatic carbocycles. The maximum absolute atomic E-state index is 12.3. The van der Waals surface area contributed by atoms with Gasteiger partial charge in [-0.15, -0.1) is 0 Å². The van der Waals surface area contributed by atoms with E-state index in [4.69, 9.17) is 9.47 Å². The zero-order chi connectivity index (χ0) is 17.7. The minimum atomic E-state index is -1.25. The van der Waals surface area contributed by atoms with Crippen molar-refractivity contribution in [1.29, 1.82) is 0 Å². The monoisotopic (exact) mass is 332 g/mol. The van der Waals surface area contributed by atoms with Crippen LogP contribution in [-0.4, -0.2) is 17.7 Å². The molecule has 1 saturated carbocycles. The van der Waals surface area contributed by atoms with E-state index in [0.29, 0.717) is 0 Å². The molecule has 1 atom stereocenters. The summed E-state index contributed by atoms with van der Waals surface area (Å²) in [7, 11) is 0. The molecular formula is C20H28O4. The molecular weight excluding hydrogens is 304 g/mol. The standard InChI is InChI=1S/C20H28O4/c1-14(19(22)24-20(3,4)23-15(2)21)18-11-9-17(10-12-18)13-16-7-5-6-8-16/h9-12,14,16H,5-8,13H2,1-4H3/t14-/m0/s1. The molecule has 4 heteroatoms. The lowest BCUT2D eigenvalue weighted by atomic mass is 9.95. The lowest BCUT2D eigenvalue weighted by molar-refractivity contribution is -0.215. The van der Waals surface area contributed by atoms with Gasteiger partial charge in [-0.1, -0.05) is 49.9 Å². The van der Waals surface area contributed by atoms with Crippen LogP contribution in [0.5, 0.6) is 0 Å². The van der Waals surface area contributed by atoms with Crippen molar-refractivity contribution in [3.05, 3.63) is 35.4 Å². The van der Waals surface area contributed by atoms with E-state index in [1.807, 2.05) is 12.1 Å². The molecule has 0 saturated heterocycles. The summed E-state index contributed by atoms with van der Waals surface area (Å²) in [6, 6.07) is 8.20. The fourth-order valence-corrected chi connectivity index (χ4v) is 3.32. The maximum Gasteiger partial charge on any atom is 0.316 e. The molecule has 1 aromatic rings. The summed E-state index contributed by atoms with van der Waals surface area (Å²) in [5.41, 5.74) is 2.24. The van der Waals surface area contributed by atoms with Gasteiger partial charge in [0.25, 0.3) is 5.79 Å². The molecule has 1 aliphatic rings. The van der Waals surface area contributed by atoms with Crippen molar-refractivity contribution in [2.24, 2.45) is 5.92 Å². The Labute approximate surface area is 144 Å². The Morgan fingerprint density at radius 2 is 1.71 bits per heavy atom. The minimum absolute atomic E-state index is 0.398. The lowest BCUT2D eigenvalue weighted by Crippen LogP contribution is -2.34. The third-order valence-electron chi connectivity index (χ3n) is 4.57. The first-order valence-corrected chi connectivity index (χ1v) is 8.78. The zero-order valence-corrected chi connectivity index (χ0v) is 15.1. The Morgan fingerprint density at radius 3 is 2.25 bits per heavy atom. The Kier molecular flexibility index (Phi) is 6.03. The average Bonchev–Trinajstić information content (AvgIpc) is 2.98. The lowest BCUT2D eigenvalue weighted by Gasteiger charge is -2.26. The molecule has 0 unspecified atom stereocenters. The molecule has 0 aromatic heterocycles. The molecule has 24 heavy (non-hydrogen) atoms.